The van der Waals surface area contributed by atoms with Crippen molar-refractivity contribution in [3.63, 3.8) is 0 Å². The highest BCUT2D eigenvalue weighted by Crippen LogP contribution is 2.21. The van der Waals surface area contributed by atoms with Crippen LogP contribution in [0.4, 0.5) is 5.69 Å². The fourth-order valence-corrected chi connectivity index (χ4v) is 2.69. The molecule has 0 aromatic heterocycles. The Morgan fingerprint density at radius 2 is 1.77 bits per heavy atom. The average Bonchev–Trinajstić information content (AvgIpc) is 2.72. The van der Waals surface area contributed by atoms with Crippen LogP contribution < -0.4 is 15.4 Å². The first kappa shape index (κ1) is 22.6. The van der Waals surface area contributed by atoms with E-state index in [-0.39, 0.29) is 18.1 Å². The number of carbonyl (C=O) groups is 4. The molecule has 2 rings (SSSR count). The standard InChI is InChI=1S/C22H24N2O6/c1-4-23-22(28)16-6-5-7-18(11-16)24-20(26)13-30-21(27)12-17-10-15(14(2)25)8-9-19(17)29-3/h5-11H,4,12-13H2,1-3H3,(H,23,28)(H,24,26). The fraction of sp³-hybridized carbons (Fsp3) is 0.273. The summed E-state index contributed by atoms with van der Waals surface area (Å²) in [6.07, 6.45) is -0.149. The van der Waals surface area contributed by atoms with Gasteiger partial charge in [-0.3, -0.25) is 19.2 Å². The molecule has 2 amide bonds. The van der Waals surface area contributed by atoms with Crippen LogP contribution in [0.2, 0.25) is 0 Å². The lowest BCUT2D eigenvalue weighted by atomic mass is 10.0. The van der Waals surface area contributed by atoms with E-state index in [9.17, 15) is 19.2 Å². The number of esters is 1. The van der Waals surface area contributed by atoms with Crippen molar-refractivity contribution < 1.29 is 28.7 Å². The van der Waals surface area contributed by atoms with Crippen molar-refractivity contribution in [1.29, 1.82) is 0 Å². The van der Waals surface area contributed by atoms with Gasteiger partial charge in [0.25, 0.3) is 11.8 Å². The molecule has 0 aliphatic rings. The van der Waals surface area contributed by atoms with Gasteiger partial charge >= 0.3 is 5.97 Å². The SMILES string of the molecule is CCNC(=O)c1cccc(NC(=O)COC(=O)Cc2cc(C(C)=O)ccc2OC)c1. The third kappa shape index (κ3) is 6.44. The maximum Gasteiger partial charge on any atom is 0.310 e. The zero-order valence-electron chi connectivity index (χ0n) is 17.1. The van der Waals surface area contributed by atoms with Crippen LogP contribution in [0.25, 0.3) is 0 Å². The number of methoxy groups -OCH3 is 1. The van der Waals surface area contributed by atoms with Crippen molar-refractivity contribution in [2.45, 2.75) is 20.3 Å². The van der Waals surface area contributed by atoms with E-state index in [0.717, 1.165) is 0 Å². The van der Waals surface area contributed by atoms with Crippen LogP contribution in [0.3, 0.4) is 0 Å². The van der Waals surface area contributed by atoms with Gasteiger partial charge in [-0.2, -0.15) is 0 Å². The number of rotatable bonds is 9. The summed E-state index contributed by atoms with van der Waals surface area (Å²) in [4.78, 5) is 47.6. The van der Waals surface area contributed by atoms with E-state index in [2.05, 4.69) is 10.6 Å². The molecule has 158 valence electrons. The minimum absolute atomic E-state index is 0.138. The topological polar surface area (TPSA) is 111 Å². The Hall–Kier alpha value is -3.68. The molecule has 2 N–H and O–H groups in total. The summed E-state index contributed by atoms with van der Waals surface area (Å²) >= 11 is 0. The molecule has 0 aliphatic carbocycles. The first-order valence-electron chi connectivity index (χ1n) is 9.35. The molecule has 0 unspecified atom stereocenters. The number of ketones is 1. The smallest absolute Gasteiger partial charge is 0.310 e. The van der Waals surface area contributed by atoms with Gasteiger partial charge in [-0.15, -0.1) is 0 Å². The zero-order chi connectivity index (χ0) is 22.1. The summed E-state index contributed by atoms with van der Waals surface area (Å²) < 4.78 is 10.2. The Kier molecular flexibility index (Phi) is 8.10. The highest BCUT2D eigenvalue weighted by atomic mass is 16.5. The van der Waals surface area contributed by atoms with Crippen LogP contribution >= 0.6 is 0 Å². The molecule has 0 fully saturated rings. The molecule has 0 spiro atoms. The molecule has 8 nitrogen and oxygen atoms in total. The second-order valence-electron chi connectivity index (χ2n) is 6.41. The van der Waals surface area contributed by atoms with Crippen LogP contribution in [0.1, 0.15) is 40.1 Å². The highest BCUT2D eigenvalue weighted by molar-refractivity contribution is 5.98. The molecule has 0 aliphatic heterocycles. The summed E-state index contributed by atoms with van der Waals surface area (Å²) in [5, 5.41) is 5.25. The van der Waals surface area contributed by atoms with E-state index in [1.54, 1.807) is 36.4 Å². The fourth-order valence-electron chi connectivity index (χ4n) is 2.69. The van der Waals surface area contributed by atoms with Gasteiger partial charge in [-0.1, -0.05) is 6.07 Å². The van der Waals surface area contributed by atoms with Gasteiger partial charge in [0.1, 0.15) is 5.75 Å². The molecule has 0 saturated carbocycles. The summed E-state index contributed by atoms with van der Waals surface area (Å²) in [5.74, 6) is -1.12. The predicted octanol–water partition coefficient (Wildman–Crippen LogP) is 2.37. The molecule has 30 heavy (non-hydrogen) atoms. The number of hydrogen-bond donors (Lipinski definition) is 2. The lowest BCUT2D eigenvalue weighted by Crippen LogP contribution is -2.24. The van der Waals surface area contributed by atoms with Crippen LogP contribution in [0.5, 0.6) is 5.75 Å². The van der Waals surface area contributed by atoms with Crippen molar-refractivity contribution in [3.8, 4) is 5.75 Å². The normalized spacial score (nSPS) is 10.1. The van der Waals surface area contributed by atoms with Gasteiger partial charge in [0, 0.05) is 28.9 Å². The molecule has 2 aromatic rings. The third-order valence-corrected chi connectivity index (χ3v) is 4.13. The van der Waals surface area contributed by atoms with Crippen molar-refractivity contribution >= 4 is 29.3 Å². The van der Waals surface area contributed by atoms with Gasteiger partial charge in [-0.25, -0.2) is 0 Å². The number of ether oxygens (including phenoxy) is 2. The van der Waals surface area contributed by atoms with Gasteiger partial charge in [0.15, 0.2) is 12.4 Å². The maximum absolute atomic E-state index is 12.1. The minimum Gasteiger partial charge on any atom is -0.496 e. The Bertz CT molecular complexity index is 954. The minimum atomic E-state index is -0.639. The molecule has 0 heterocycles. The Labute approximate surface area is 174 Å². The molecule has 0 saturated heterocycles. The third-order valence-electron chi connectivity index (χ3n) is 4.13. The average molecular weight is 412 g/mol. The number of carbonyl (C=O) groups excluding carboxylic acids is 4. The van der Waals surface area contributed by atoms with Crippen LogP contribution in [-0.2, 0) is 20.7 Å². The largest absolute Gasteiger partial charge is 0.496 e. The van der Waals surface area contributed by atoms with E-state index < -0.39 is 18.5 Å². The molecular weight excluding hydrogens is 388 g/mol. The molecule has 0 bridgehead atoms. The Morgan fingerprint density at radius 1 is 1.00 bits per heavy atom. The number of nitrogens with one attached hydrogen (secondary N) is 2. The van der Waals surface area contributed by atoms with Gasteiger partial charge in [0.2, 0.25) is 0 Å². The van der Waals surface area contributed by atoms with Gasteiger partial charge in [0.05, 0.1) is 13.5 Å². The van der Waals surface area contributed by atoms with E-state index in [1.807, 2.05) is 6.92 Å². The quantitative estimate of drug-likeness (QED) is 0.483. The first-order chi connectivity index (χ1) is 14.3. The molecule has 2 aromatic carbocycles. The molecule has 0 atom stereocenters. The van der Waals surface area contributed by atoms with E-state index in [0.29, 0.717) is 34.7 Å². The lowest BCUT2D eigenvalue weighted by Gasteiger charge is -2.11. The van der Waals surface area contributed by atoms with Crippen LogP contribution in [0.15, 0.2) is 42.5 Å². The second kappa shape index (κ2) is 10.8. The number of Topliss-reactive ketones (excluding diaryl/α,β-unsaturated/α-hetero) is 1. The Morgan fingerprint density at radius 3 is 2.43 bits per heavy atom. The monoisotopic (exact) mass is 412 g/mol. The van der Waals surface area contributed by atoms with Gasteiger partial charge in [-0.05, 0) is 50.2 Å². The first-order valence-corrected chi connectivity index (χ1v) is 9.35. The van der Waals surface area contributed by atoms with Crippen molar-refractivity contribution in [3.05, 3.63) is 59.2 Å². The summed E-state index contributed by atoms with van der Waals surface area (Å²) in [6, 6.07) is 11.2. The maximum atomic E-state index is 12.1. The number of hydrogen-bond acceptors (Lipinski definition) is 6. The molecular formula is C22H24N2O6. The van der Waals surface area contributed by atoms with Crippen molar-refractivity contribution in [2.75, 3.05) is 25.6 Å². The van der Waals surface area contributed by atoms with Crippen molar-refractivity contribution in [2.24, 2.45) is 0 Å². The summed E-state index contributed by atoms with van der Waals surface area (Å²) in [6.45, 7) is 3.24. The molecule has 8 heteroatoms. The Balaban J connectivity index is 1.93. The lowest BCUT2D eigenvalue weighted by molar-refractivity contribution is -0.146. The van der Waals surface area contributed by atoms with Gasteiger partial charge < -0.3 is 20.1 Å². The van der Waals surface area contributed by atoms with E-state index in [4.69, 9.17) is 9.47 Å². The van der Waals surface area contributed by atoms with Crippen molar-refractivity contribution in [1.82, 2.24) is 5.32 Å². The number of anilines is 1. The van der Waals surface area contributed by atoms with Crippen LogP contribution in [0, 0.1) is 0 Å². The summed E-state index contributed by atoms with van der Waals surface area (Å²) in [5.41, 5.74) is 1.76. The number of benzene rings is 2. The van der Waals surface area contributed by atoms with E-state index >= 15 is 0 Å². The summed E-state index contributed by atoms with van der Waals surface area (Å²) in [7, 11) is 1.46. The predicted molar refractivity (Wildman–Crippen MR) is 111 cm³/mol. The second-order valence-corrected chi connectivity index (χ2v) is 6.41. The zero-order valence-corrected chi connectivity index (χ0v) is 17.1. The van der Waals surface area contributed by atoms with Crippen LogP contribution in [-0.4, -0.2) is 43.8 Å². The van der Waals surface area contributed by atoms with E-state index in [1.165, 1.54) is 20.1 Å². The molecule has 0 radical (unpaired) electrons. The highest BCUT2D eigenvalue weighted by Gasteiger charge is 2.14. The number of amides is 2.